The van der Waals surface area contributed by atoms with Crippen LogP contribution in [0.5, 0.6) is 11.5 Å². The standard InChI is InChI=1S/C13H18BrNO2/c1-7-4-5-9(15)12-11(7)10(16-2)6-8(14)13(12)17-3/h6-7,9H,4-5,15H2,1-3H3/t7?,9-/m0/s1. The smallest absolute Gasteiger partial charge is 0.138 e. The van der Waals surface area contributed by atoms with Crippen LogP contribution >= 0.6 is 15.9 Å². The van der Waals surface area contributed by atoms with Gasteiger partial charge in [0.15, 0.2) is 0 Å². The SMILES string of the molecule is COc1cc(Br)c(OC)c2c1C(C)CC[C@@H]2N. The Morgan fingerprint density at radius 2 is 1.94 bits per heavy atom. The van der Waals surface area contributed by atoms with Crippen molar-refractivity contribution in [1.29, 1.82) is 0 Å². The van der Waals surface area contributed by atoms with Crippen LogP contribution in [-0.2, 0) is 0 Å². The van der Waals surface area contributed by atoms with Gasteiger partial charge in [0.25, 0.3) is 0 Å². The summed E-state index contributed by atoms with van der Waals surface area (Å²) in [6.07, 6.45) is 2.08. The fraction of sp³-hybridized carbons (Fsp3) is 0.538. The molecule has 0 saturated heterocycles. The second-order valence-corrected chi connectivity index (χ2v) is 5.36. The largest absolute Gasteiger partial charge is 0.496 e. The van der Waals surface area contributed by atoms with E-state index in [9.17, 15) is 0 Å². The third-order valence-electron chi connectivity index (χ3n) is 3.47. The maximum atomic E-state index is 6.22. The number of rotatable bonds is 2. The second kappa shape index (κ2) is 4.86. The fourth-order valence-electron chi connectivity index (χ4n) is 2.61. The molecule has 1 aliphatic carbocycles. The van der Waals surface area contributed by atoms with E-state index in [-0.39, 0.29) is 6.04 Å². The maximum absolute atomic E-state index is 6.22. The average Bonchev–Trinajstić information content (AvgIpc) is 2.32. The van der Waals surface area contributed by atoms with E-state index < -0.39 is 0 Å². The zero-order chi connectivity index (χ0) is 12.6. The van der Waals surface area contributed by atoms with E-state index in [2.05, 4.69) is 22.9 Å². The maximum Gasteiger partial charge on any atom is 0.138 e. The van der Waals surface area contributed by atoms with Crippen LogP contribution in [0.3, 0.4) is 0 Å². The number of nitrogens with two attached hydrogens (primary N) is 1. The normalized spacial score (nSPS) is 23.1. The predicted octanol–water partition coefficient (Wildman–Crippen LogP) is 3.36. The van der Waals surface area contributed by atoms with Crippen molar-refractivity contribution in [2.24, 2.45) is 5.73 Å². The molecule has 1 aromatic rings. The molecular weight excluding hydrogens is 282 g/mol. The molecule has 1 aliphatic rings. The lowest BCUT2D eigenvalue weighted by atomic mass is 9.80. The number of halogens is 1. The molecule has 1 aromatic carbocycles. The molecule has 17 heavy (non-hydrogen) atoms. The van der Waals surface area contributed by atoms with Crippen molar-refractivity contribution in [2.75, 3.05) is 14.2 Å². The Kier molecular flexibility index (Phi) is 3.64. The summed E-state index contributed by atoms with van der Waals surface area (Å²) in [4.78, 5) is 0. The molecule has 0 heterocycles. The van der Waals surface area contributed by atoms with Crippen LogP contribution < -0.4 is 15.2 Å². The van der Waals surface area contributed by atoms with Crippen molar-refractivity contribution >= 4 is 15.9 Å². The molecule has 94 valence electrons. The van der Waals surface area contributed by atoms with Crippen LogP contribution in [0.1, 0.15) is 42.9 Å². The summed E-state index contributed by atoms with van der Waals surface area (Å²) < 4.78 is 11.9. The molecule has 0 aliphatic heterocycles. The summed E-state index contributed by atoms with van der Waals surface area (Å²) in [6, 6.07) is 1.99. The topological polar surface area (TPSA) is 44.5 Å². The molecule has 2 rings (SSSR count). The molecule has 0 fully saturated rings. The number of methoxy groups -OCH3 is 2. The van der Waals surface area contributed by atoms with Crippen LogP contribution in [0.2, 0.25) is 0 Å². The first kappa shape index (κ1) is 12.7. The van der Waals surface area contributed by atoms with Gasteiger partial charge in [0.2, 0.25) is 0 Å². The summed E-state index contributed by atoms with van der Waals surface area (Å²) in [6.45, 7) is 2.21. The Morgan fingerprint density at radius 3 is 2.53 bits per heavy atom. The predicted molar refractivity (Wildman–Crippen MR) is 71.8 cm³/mol. The minimum absolute atomic E-state index is 0.0301. The van der Waals surface area contributed by atoms with Crippen molar-refractivity contribution in [3.05, 3.63) is 21.7 Å². The molecule has 0 saturated carbocycles. The van der Waals surface area contributed by atoms with E-state index in [0.717, 1.165) is 34.4 Å². The fourth-order valence-corrected chi connectivity index (χ4v) is 3.20. The molecule has 4 heteroatoms. The highest BCUT2D eigenvalue weighted by Gasteiger charge is 2.30. The number of ether oxygens (including phenoxy) is 2. The number of fused-ring (bicyclic) bond motifs is 1. The molecule has 3 nitrogen and oxygen atoms in total. The van der Waals surface area contributed by atoms with E-state index in [0.29, 0.717) is 5.92 Å². The zero-order valence-electron chi connectivity index (χ0n) is 10.4. The Labute approximate surface area is 110 Å². The minimum atomic E-state index is 0.0301. The highest BCUT2D eigenvalue weighted by Crippen LogP contribution is 2.48. The summed E-state index contributed by atoms with van der Waals surface area (Å²) in [5.74, 6) is 2.21. The summed E-state index contributed by atoms with van der Waals surface area (Å²) in [5, 5.41) is 0. The Morgan fingerprint density at radius 1 is 1.24 bits per heavy atom. The Bertz CT molecular complexity index is 434. The van der Waals surface area contributed by atoms with Gasteiger partial charge in [-0.05, 0) is 40.8 Å². The van der Waals surface area contributed by atoms with Gasteiger partial charge in [-0.1, -0.05) is 6.92 Å². The van der Waals surface area contributed by atoms with Crippen LogP contribution in [0.25, 0.3) is 0 Å². The van der Waals surface area contributed by atoms with E-state index >= 15 is 0 Å². The first-order valence-electron chi connectivity index (χ1n) is 5.80. The van der Waals surface area contributed by atoms with E-state index in [4.69, 9.17) is 15.2 Å². The van der Waals surface area contributed by atoms with Gasteiger partial charge in [-0.2, -0.15) is 0 Å². The van der Waals surface area contributed by atoms with Crippen molar-refractivity contribution in [3.63, 3.8) is 0 Å². The molecule has 0 aromatic heterocycles. The summed E-state index contributed by atoms with van der Waals surface area (Å²) in [7, 11) is 3.38. The lowest BCUT2D eigenvalue weighted by molar-refractivity contribution is 0.371. The first-order chi connectivity index (χ1) is 8.10. The third kappa shape index (κ3) is 2.04. The number of hydrogen-bond donors (Lipinski definition) is 1. The number of benzene rings is 1. The first-order valence-corrected chi connectivity index (χ1v) is 6.59. The van der Waals surface area contributed by atoms with Crippen LogP contribution in [0, 0.1) is 0 Å². The average molecular weight is 300 g/mol. The van der Waals surface area contributed by atoms with Gasteiger partial charge in [0.05, 0.1) is 18.7 Å². The lowest BCUT2D eigenvalue weighted by Crippen LogP contribution is -2.21. The number of hydrogen-bond acceptors (Lipinski definition) is 3. The summed E-state index contributed by atoms with van der Waals surface area (Å²) in [5.41, 5.74) is 8.52. The second-order valence-electron chi connectivity index (χ2n) is 4.51. The van der Waals surface area contributed by atoms with E-state index in [1.165, 1.54) is 5.56 Å². The highest BCUT2D eigenvalue weighted by atomic mass is 79.9. The van der Waals surface area contributed by atoms with Gasteiger partial charge >= 0.3 is 0 Å². The molecule has 1 unspecified atom stereocenters. The molecule has 0 radical (unpaired) electrons. The monoisotopic (exact) mass is 299 g/mol. The molecule has 2 N–H and O–H groups in total. The molecule has 0 bridgehead atoms. The van der Waals surface area contributed by atoms with Crippen molar-refractivity contribution in [2.45, 2.75) is 31.7 Å². The van der Waals surface area contributed by atoms with Crippen LogP contribution in [-0.4, -0.2) is 14.2 Å². The van der Waals surface area contributed by atoms with Gasteiger partial charge in [-0.15, -0.1) is 0 Å². The van der Waals surface area contributed by atoms with Gasteiger partial charge in [0.1, 0.15) is 11.5 Å². The molecule has 0 amide bonds. The van der Waals surface area contributed by atoms with Crippen LogP contribution in [0.4, 0.5) is 0 Å². The molecule has 2 atom stereocenters. The summed E-state index contributed by atoms with van der Waals surface area (Å²) >= 11 is 3.51. The van der Waals surface area contributed by atoms with Crippen LogP contribution in [0.15, 0.2) is 10.5 Å². The molecule has 0 spiro atoms. The lowest BCUT2D eigenvalue weighted by Gasteiger charge is -2.31. The third-order valence-corrected chi connectivity index (χ3v) is 4.06. The van der Waals surface area contributed by atoms with Gasteiger partial charge in [-0.3, -0.25) is 0 Å². The molecular formula is C13H18BrNO2. The van der Waals surface area contributed by atoms with E-state index in [1.807, 2.05) is 6.07 Å². The Hall–Kier alpha value is -0.740. The van der Waals surface area contributed by atoms with Crippen molar-refractivity contribution < 1.29 is 9.47 Å². The van der Waals surface area contributed by atoms with Crippen molar-refractivity contribution in [1.82, 2.24) is 0 Å². The zero-order valence-corrected chi connectivity index (χ0v) is 12.0. The minimum Gasteiger partial charge on any atom is -0.496 e. The van der Waals surface area contributed by atoms with Gasteiger partial charge in [0, 0.05) is 17.2 Å². The Balaban J connectivity index is 2.71. The van der Waals surface area contributed by atoms with Gasteiger partial charge < -0.3 is 15.2 Å². The van der Waals surface area contributed by atoms with Crippen molar-refractivity contribution in [3.8, 4) is 11.5 Å². The highest BCUT2D eigenvalue weighted by molar-refractivity contribution is 9.10. The van der Waals surface area contributed by atoms with E-state index in [1.54, 1.807) is 14.2 Å². The quantitative estimate of drug-likeness (QED) is 0.911. The van der Waals surface area contributed by atoms with Gasteiger partial charge in [-0.25, -0.2) is 0 Å².